The monoisotopic (exact) mass is 447 g/mol. The Kier molecular flexibility index (Phi) is 6.37. The minimum absolute atomic E-state index is 0.0179. The molecule has 0 unspecified atom stereocenters. The van der Waals surface area contributed by atoms with Crippen molar-refractivity contribution in [2.24, 2.45) is 4.40 Å². The van der Waals surface area contributed by atoms with Gasteiger partial charge in [0.15, 0.2) is 5.84 Å². The van der Waals surface area contributed by atoms with Crippen LogP contribution in [0.3, 0.4) is 0 Å². The van der Waals surface area contributed by atoms with Crippen LogP contribution < -0.4 is 5.32 Å². The number of nitrogens with one attached hydrogen (secondary N) is 1. The molecule has 0 aromatic heterocycles. The smallest absolute Gasteiger partial charge is 0.285 e. The average molecular weight is 448 g/mol. The zero-order valence-corrected chi connectivity index (χ0v) is 18.6. The fourth-order valence-electron chi connectivity index (χ4n) is 3.96. The topological polar surface area (TPSA) is 78.8 Å². The van der Waals surface area contributed by atoms with E-state index in [2.05, 4.69) is 34.0 Å². The normalized spacial score (nSPS) is 14.0. The maximum atomic E-state index is 12.6. The van der Waals surface area contributed by atoms with Crippen molar-refractivity contribution in [1.29, 1.82) is 0 Å². The van der Waals surface area contributed by atoms with Crippen LogP contribution in [0.15, 0.2) is 94.2 Å². The number of carbonyl (C=O) groups excluding carboxylic acids is 1. The van der Waals surface area contributed by atoms with Gasteiger partial charge in [-0.05, 0) is 29.7 Å². The molecule has 7 heteroatoms. The third-order valence-electron chi connectivity index (χ3n) is 5.51. The highest BCUT2D eigenvalue weighted by Gasteiger charge is 2.30. The van der Waals surface area contributed by atoms with E-state index in [1.807, 2.05) is 36.4 Å². The molecule has 3 aromatic carbocycles. The first-order chi connectivity index (χ1) is 15.5. The van der Waals surface area contributed by atoms with E-state index in [1.54, 1.807) is 30.1 Å². The van der Waals surface area contributed by atoms with Crippen LogP contribution in [0.5, 0.6) is 0 Å². The van der Waals surface area contributed by atoms with Gasteiger partial charge < -0.3 is 10.2 Å². The van der Waals surface area contributed by atoms with Crippen molar-refractivity contribution < 1.29 is 13.2 Å². The zero-order valence-electron chi connectivity index (χ0n) is 17.8. The number of benzene rings is 3. The molecular formula is C25H25N3O3S. The van der Waals surface area contributed by atoms with Gasteiger partial charge in [-0.1, -0.05) is 72.8 Å². The van der Waals surface area contributed by atoms with Crippen LogP contribution in [0, 0.1) is 0 Å². The van der Waals surface area contributed by atoms with E-state index < -0.39 is 10.0 Å². The number of likely N-dealkylation sites (N-methyl/N-ethyl adjacent to an activating group) is 1. The van der Waals surface area contributed by atoms with Gasteiger partial charge in [0.25, 0.3) is 10.0 Å². The van der Waals surface area contributed by atoms with Crippen LogP contribution in [0.4, 0.5) is 0 Å². The Balaban J connectivity index is 1.39. The van der Waals surface area contributed by atoms with Crippen LogP contribution in [-0.2, 0) is 14.8 Å². The summed E-state index contributed by atoms with van der Waals surface area (Å²) in [5.41, 5.74) is 2.93. The van der Waals surface area contributed by atoms with E-state index in [0.29, 0.717) is 17.9 Å². The molecule has 0 spiro atoms. The van der Waals surface area contributed by atoms with Crippen LogP contribution in [0.1, 0.15) is 29.0 Å². The second-order valence-electron chi connectivity index (χ2n) is 7.75. The molecule has 1 aliphatic heterocycles. The lowest BCUT2D eigenvalue weighted by Crippen LogP contribution is -2.38. The summed E-state index contributed by atoms with van der Waals surface area (Å²) in [6.07, 6.45) is 0.752. The van der Waals surface area contributed by atoms with Crippen molar-refractivity contribution in [1.82, 2.24) is 10.2 Å². The Morgan fingerprint density at radius 1 is 0.906 bits per heavy atom. The van der Waals surface area contributed by atoms with Crippen molar-refractivity contribution in [3.05, 3.63) is 102 Å². The van der Waals surface area contributed by atoms with Gasteiger partial charge in [0.1, 0.15) is 4.90 Å². The summed E-state index contributed by atoms with van der Waals surface area (Å²) in [6, 6.07) is 27.1. The fourth-order valence-corrected chi connectivity index (χ4v) is 5.21. The van der Waals surface area contributed by atoms with Crippen LogP contribution >= 0.6 is 0 Å². The first-order valence-electron chi connectivity index (χ1n) is 10.5. The lowest BCUT2D eigenvalue weighted by molar-refractivity contribution is -0.121. The van der Waals surface area contributed by atoms with Gasteiger partial charge in [0.05, 0.1) is 6.54 Å². The van der Waals surface area contributed by atoms with Gasteiger partial charge in [0.2, 0.25) is 5.91 Å². The molecule has 164 valence electrons. The Bertz CT molecular complexity index is 1190. The first kappa shape index (κ1) is 21.8. The van der Waals surface area contributed by atoms with Crippen molar-refractivity contribution >= 4 is 21.8 Å². The van der Waals surface area contributed by atoms with E-state index in [9.17, 15) is 13.2 Å². The van der Waals surface area contributed by atoms with Crippen LogP contribution in [0.2, 0.25) is 0 Å². The number of carbonyl (C=O) groups is 1. The molecule has 4 rings (SSSR count). The lowest BCUT2D eigenvalue weighted by Gasteiger charge is -2.20. The van der Waals surface area contributed by atoms with Crippen LogP contribution in [0.25, 0.3) is 0 Å². The second kappa shape index (κ2) is 9.36. The van der Waals surface area contributed by atoms with E-state index in [4.69, 9.17) is 0 Å². The van der Waals surface area contributed by atoms with Gasteiger partial charge in [0, 0.05) is 25.1 Å². The average Bonchev–Trinajstić information content (AvgIpc) is 3.09. The maximum Gasteiger partial charge on any atom is 0.285 e. The number of amidine groups is 1. The molecule has 1 amide bonds. The van der Waals surface area contributed by atoms with Crippen molar-refractivity contribution in [3.8, 4) is 0 Å². The van der Waals surface area contributed by atoms with Crippen molar-refractivity contribution in [2.45, 2.75) is 17.2 Å². The molecule has 1 aliphatic rings. The zero-order chi connectivity index (χ0) is 22.6. The summed E-state index contributed by atoms with van der Waals surface area (Å²) in [5, 5.41) is 2.97. The number of rotatable bonds is 7. The summed E-state index contributed by atoms with van der Waals surface area (Å²) in [5.74, 6) is 0.283. The minimum Gasteiger partial charge on any atom is -0.355 e. The standard InChI is InChI=1S/C25H25N3O3S/c1-28(25-22-14-8-9-15-23(22)32(30,31)27-25)18-24(29)26-17-16-21(19-10-4-2-5-11-19)20-12-6-3-7-13-20/h2-15,21H,16-18H2,1H3,(H,26,29). The van der Waals surface area contributed by atoms with E-state index in [-0.39, 0.29) is 23.3 Å². The molecule has 0 fully saturated rings. The number of fused-ring (bicyclic) bond motifs is 1. The highest BCUT2D eigenvalue weighted by atomic mass is 32.2. The Morgan fingerprint density at radius 3 is 2.09 bits per heavy atom. The molecule has 6 nitrogen and oxygen atoms in total. The molecule has 3 aromatic rings. The third-order valence-corrected chi connectivity index (χ3v) is 6.84. The molecule has 0 atom stereocenters. The second-order valence-corrected chi connectivity index (χ2v) is 9.33. The summed E-state index contributed by atoms with van der Waals surface area (Å²) >= 11 is 0. The first-order valence-corrected chi connectivity index (χ1v) is 11.9. The quantitative estimate of drug-likeness (QED) is 0.602. The van der Waals surface area contributed by atoms with E-state index >= 15 is 0 Å². The molecule has 0 radical (unpaired) electrons. The third kappa shape index (κ3) is 4.73. The summed E-state index contributed by atoms with van der Waals surface area (Å²) in [6.45, 7) is 0.520. The van der Waals surface area contributed by atoms with Crippen LogP contribution in [-0.4, -0.2) is 45.2 Å². The largest absolute Gasteiger partial charge is 0.355 e. The minimum atomic E-state index is -3.71. The van der Waals surface area contributed by atoms with Gasteiger partial charge in [-0.15, -0.1) is 4.40 Å². The predicted molar refractivity (Wildman–Crippen MR) is 125 cm³/mol. The van der Waals surface area contributed by atoms with E-state index in [0.717, 1.165) is 6.42 Å². The molecule has 0 saturated carbocycles. The number of amides is 1. The SMILES string of the molecule is CN(CC(=O)NCCC(c1ccccc1)c1ccccc1)C1=NS(=O)(=O)c2ccccc21. The van der Waals surface area contributed by atoms with Gasteiger partial charge >= 0.3 is 0 Å². The maximum absolute atomic E-state index is 12.6. The molecule has 1 N–H and O–H groups in total. The Labute approximate surface area is 188 Å². The van der Waals surface area contributed by atoms with Crippen molar-refractivity contribution in [2.75, 3.05) is 20.1 Å². The number of hydrogen-bond acceptors (Lipinski definition) is 4. The Hall–Kier alpha value is -3.45. The highest BCUT2D eigenvalue weighted by molar-refractivity contribution is 7.90. The van der Waals surface area contributed by atoms with E-state index in [1.165, 1.54) is 17.2 Å². The summed E-state index contributed by atoms with van der Waals surface area (Å²) < 4.78 is 28.4. The van der Waals surface area contributed by atoms with Gasteiger partial charge in [-0.25, -0.2) is 0 Å². The summed E-state index contributed by atoms with van der Waals surface area (Å²) in [7, 11) is -2.04. The van der Waals surface area contributed by atoms with Gasteiger partial charge in [-0.2, -0.15) is 8.42 Å². The van der Waals surface area contributed by atoms with Crippen molar-refractivity contribution in [3.63, 3.8) is 0 Å². The lowest BCUT2D eigenvalue weighted by atomic mass is 9.88. The molecule has 0 saturated heterocycles. The molecule has 0 aliphatic carbocycles. The molecule has 0 bridgehead atoms. The highest BCUT2D eigenvalue weighted by Crippen LogP contribution is 2.28. The fraction of sp³-hybridized carbons (Fsp3) is 0.200. The number of hydrogen-bond donors (Lipinski definition) is 1. The number of sulfonamides is 1. The Morgan fingerprint density at radius 2 is 1.47 bits per heavy atom. The molecule has 1 heterocycles. The van der Waals surface area contributed by atoms with Gasteiger partial charge in [-0.3, -0.25) is 4.79 Å². The number of nitrogens with zero attached hydrogens (tertiary/aromatic N) is 2. The molecular weight excluding hydrogens is 422 g/mol. The molecule has 32 heavy (non-hydrogen) atoms. The predicted octanol–water partition coefficient (Wildman–Crippen LogP) is 3.41. The summed E-state index contributed by atoms with van der Waals surface area (Å²) in [4.78, 5) is 14.3.